The second kappa shape index (κ2) is 7.05. The van der Waals surface area contributed by atoms with Crippen molar-refractivity contribution in [1.82, 2.24) is 5.32 Å². The number of rotatable bonds is 7. The summed E-state index contributed by atoms with van der Waals surface area (Å²) in [6.45, 7) is 3.51. The van der Waals surface area contributed by atoms with Crippen LogP contribution in [0.3, 0.4) is 0 Å². The van der Waals surface area contributed by atoms with Crippen LogP contribution in [0.25, 0.3) is 0 Å². The maximum absolute atomic E-state index is 12.2. The molecule has 10 heteroatoms. The van der Waals surface area contributed by atoms with Crippen LogP contribution in [-0.4, -0.2) is 44.1 Å². The highest BCUT2D eigenvalue weighted by Gasteiger charge is 2.39. The van der Waals surface area contributed by atoms with E-state index in [0.717, 1.165) is 23.5 Å². The lowest BCUT2D eigenvalue weighted by atomic mass is 10.1. The van der Waals surface area contributed by atoms with E-state index >= 15 is 0 Å². The number of amides is 2. The van der Waals surface area contributed by atoms with Crippen LogP contribution in [0, 0.1) is 0 Å². The number of primary amides is 1. The van der Waals surface area contributed by atoms with Crippen LogP contribution in [0.1, 0.15) is 26.7 Å². The van der Waals surface area contributed by atoms with Gasteiger partial charge in [-0.1, -0.05) is 11.8 Å². The maximum Gasteiger partial charge on any atom is 0.343 e. The summed E-state index contributed by atoms with van der Waals surface area (Å²) in [4.78, 5) is 45.0. The number of aliphatic carboxylic acids is 2. The number of carboxylic acids is 2. The van der Waals surface area contributed by atoms with E-state index in [1.54, 1.807) is 13.8 Å². The smallest absolute Gasteiger partial charge is 0.343 e. The molecule has 8 nitrogen and oxygen atoms in total. The average molecular weight is 348 g/mol. The second-order valence-corrected chi connectivity index (χ2v) is 8.46. The number of nitrogens with two attached hydrogens (primary N) is 1. The molecule has 1 heterocycles. The lowest BCUT2D eigenvalue weighted by Gasteiger charge is -2.16. The number of thioether (sulfide) groups is 2. The summed E-state index contributed by atoms with van der Waals surface area (Å²) in [5.74, 6) is -4.02. The Morgan fingerprint density at radius 3 is 2.18 bits per heavy atom. The molecule has 1 aliphatic heterocycles. The molecule has 0 aromatic rings. The zero-order valence-corrected chi connectivity index (χ0v) is 13.5. The summed E-state index contributed by atoms with van der Waals surface area (Å²) in [6.07, 6.45) is -0.358. The van der Waals surface area contributed by atoms with Crippen LogP contribution in [0.2, 0.25) is 0 Å². The van der Waals surface area contributed by atoms with Crippen molar-refractivity contribution in [3.63, 3.8) is 0 Å². The van der Waals surface area contributed by atoms with Gasteiger partial charge in [-0.25, -0.2) is 9.59 Å². The lowest BCUT2D eigenvalue weighted by molar-refractivity contribution is -0.141. The third-order valence-electron chi connectivity index (χ3n) is 2.59. The Balaban J connectivity index is 2.88. The van der Waals surface area contributed by atoms with Gasteiger partial charge in [0, 0.05) is 6.42 Å². The van der Waals surface area contributed by atoms with Crippen molar-refractivity contribution in [2.75, 3.05) is 0 Å². The molecule has 1 atom stereocenters. The van der Waals surface area contributed by atoms with E-state index in [0.29, 0.717) is 0 Å². The van der Waals surface area contributed by atoms with Crippen LogP contribution >= 0.6 is 23.5 Å². The quantitative estimate of drug-likeness (QED) is 0.515. The third-order valence-corrected chi connectivity index (χ3v) is 5.37. The number of carboxylic acid groups (broad SMARTS) is 2. The van der Waals surface area contributed by atoms with Crippen LogP contribution < -0.4 is 11.1 Å². The van der Waals surface area contributed by atoms with Gasteiger partial charge >= 0.3 is 11.9 Å². The number of carbonyl (C=O) groups is 4. The Morgan fingerprint density at radius 1 is 1.18 bits per heavy atom. The molecule has 1 aliphatic rings. The molecular formula is C12H16N2O6S2. The number of carbonyl (C=O) groups excluding carboxylic acids is 2. The number of nitrogens with one attached hydrogen (secondary N) is 1. The minimum atomic E-state index is -1.32. The molecule has 5 N–H and O–H groups in total. The van der Waals surface area contributed by atoms with E-state index in [-0.39, 0.29) is 22.7 Å². The first-order valence-corrected chi connectivity index (χ1v) is 7.84. The molecule has 0 saturated heterocycles. The summed E-state index contributed by atoms with van der Waals surface area (Å²) in [5.41, 5.74) is 4.95. The first-order chi connectivity index (χ1) is 10.0. The Morgan fingerprint density at radius 2 is 1.73 bits per heavy atom. The Hall–Kier alpha value is -1.68. The fraction of sp³-hybridized carbons (Fsp3) is 0.500. The van der Waals surface area contributed by atoms with Crippen molar-refractivity contribution in [2.24, 2.45) is 5.73 Å². The first kappa shape index (κ1) is 18.4. The zero-order chi connectivity index (χ0) is 17.1. The van der Waals surface area contributed by atoms with Gasteiger partial charge in [0.2, 0.25) is 5.91 Å². The first-order valence-electron chi connectivity index (χ1n) is 6.21. The Kier molecular flexibility index (Phi) is 5.89. The van der Waals surface area contributed by atoms with E-state index < -0.39 is 33.9 Å². The number of hydrogen-bond acceptors (Lipinski definition) is 6. The Labute approximate surface area is 134 Å². The summed E-state index contributed by atoms with van der Waals surface area (Å²) in [5, 5.41) is 20.4. The van der Waals surface area contributed by atoms with Crippen molar-refractivity contribution in [1.29, 1.82) is 0 Å². The summed E-state index contributed by atoms with van der Waals surface area (Å²) >= 11 is 2.08. The predicted octanol–water partition coefficient (Wildman–Crippen LogP) is 0.334. The highest BCUT2D eigenvalue weighted by molar-refractivity contribution is 8.25. The monoisotopic (exact) mass is 348 g/mol. The van der Waals surface area contributed by atoms with E-state index in [4.69, 9.17) is 15.9 Å². The van der Waals surface area contributed by atoms with Crippen molar-refractivity contribution in [3.05, 3.63) is 9.81 Å². The SMILES string of the molecule is CC1(C)SC(C(=O)O)=C(C(=O)N[C@@H](CCC(N)=O)C(=O)O)S1. The predicted molar refractivity (Wildman–Crippen MR) is 81.9 cm³/mol. The van der Waals surface area contributed by atoms with E-state index in [1.807, 2.05) is 0 Å². The minimum Gasteiger partial charge on any atom is -0.480 e. The molecule has 0 saturated carbocycles. The molecule has 0 aromatic heterocycles. The lowest BCUT2D eigenvalue weighted by Crippen LogP contribution is -2.42. The number of hydrogen-bond donors (Lipinski definition) is 4. The summed E-state index contributed by atoms with van der Waals surface area (Å²) < 4.78 is -0.535. The van der Waals surface area contributed by atoms with E-state index in [9.17, 15) is 19.2 Å². The summed E-state index contributed by atoms with van der Waals surface area (Å²) in [7, 11) is 0. The van der Waals surface area contributed by atoms with Crippen molar-refractivity contribution >= 4 is 47.3 Å². The van der Waals surface area contributed by atoms with Gasteiger partial charge in [0.25, 0.3) is 5.91 Å². The van der Waals surface area contributed by atoms with Gasteiger partial charge in [0.05, 0.1) is 8.98 Å². The molecule has 22 heavy (non-hydrogen) atoms. The zero-order valence-electron chi connectivity index (χ0n) is 11.9. The van der Waals surface area contributed by atoms with Gasteiger partial charge in [-0.05, 0) is 20.3 Å². The molecule has 1 rings (SSSR count). The molecule has 0 spiro atoms. The van der Waals surface area contributed by atoms with Crippen LogP contribution in [-0.2, 0) is 19.2 Å². The minimum absolute atomic E-state index is 0.0344. The van der Waals surface area contributed by atoms with Crippen molar-refractivity contribution < 1.29 is 29.4 Å². The highest BCUT2D eigenvalue weighted by Crippen LogP contribution is 2.53. The van der Waals surface area contributed by atoms with Gasteiger partial charge in [0.1, 0.15) is 10.9 Å². The van der Waals surface area contributed by atoms with Crippen molar-refractivity contribution in [3.8, 4) is 0 Å². The topological polar surface area (TPSA) is 147 Å². The molecule has 2 amide bonds. The van der Waals surface area contributed by atoms with Gasteiger partial charge < -0.3 is 21.3 Å². The van der Waals surface area contributed by atoms with Crippen LogP contribution in [0.4, 0.5) is 0 Å². The molecule has 0 unspecified atom stereocenters. The molecule has 0 fully saturated rings. The molecule has 0 aliphatic carbocycles. The molecular weight excluding hydrogens is 332 g/mol. The molecule has 0 bridgehead atoms. The normalized spacial score (nSPS) is 17.9. The van der Waals surface area contributed by atoms with Crippen LogP contribution in [0.15, 0.2) is 9.81 Å². The van der Waals surface area contributed by atoms with E-state index in [1.165, 1.54) is 0 Å². The van der Waals surface area contributed by atoms with E-state index in [2.05, 4.69) is 5.32 Å². The fourth-order valence-corrected chi connectivity index (χ4v) is 4.17. The van der Waals surface area contributed by atoms with Gasteiger partial charge in [-0.3, -0.25) is 9.59 Å². The fourth-order valence-electron chi connectivity index (χ4n) is 1.66. The average Bonchev–Trinajstić information content (AvgIpc) is 2.70. The van der Waals surface area contributed by atoms with Crippen LogP contribution in [0.5, 0.6) is 0 Å². The summed E-state index contributed by atoms with van der Waals surface area (Å²) in [6, 6.07) is -1.31. The van der Waals surface area contributed by atoms with Gasteiger partial charge in [-0.2, -0.15) is 0 Å². The Bertz CT molecular complexity index is 558. The second-order valence-electron chi connectivity index (χ2n) is 4.94. The van der Waals surface area contributed by atoms with Crippen molar-refractivity contribution in [2.45, 2.75) is 36.8 Å². The molecule has 0 aromatic carbocycles. The third kappa shape index (κ3) is 4.95. The van der Waals surface area contributed by atoms with Gasteiger partial charge in [0.15, 0.2) is 0 Å². The highest BCUT2D eigenvalue weighted by atomic mass is 32.2. The molecule has 122 valence electrons. The van der Waals surface area contributed by atoms with Gasteiger partial charge in [-0.15, -0.1) is 11.8 Å². The standard InChI is InChI=1S/C12H16N2O6S2/c1-12(2)21-7(8(22-12)11(19)20)9(16)14-5(10(17)18)3-4-6(13)15/h5H,3-4H2,1-2H3,(H2,13,15)(H,14,16)(H,17,18)(H,19,20)/t5-/m0/s1. The molecule has 0 radical (unpaired) electrons. The largest absolute Gasteiger partial charge is 0.480 e. The maximum atomic E-state index is 12.2.